The van der Waals surface area contributed by atoms with Gasteiger partial charge in [-0.3, -0.25) is 4.90 Å². The van der Waals surface area contributed by atoms with Crippen molar-refractivity contribution in [3.8, 4) is 0 Å². The summed E-state index contributed by atoms with van der Waals surface area (Å²) in [4.78, 5) is 10.9. The summed E-state index contributed by atoms with van der Waals surface area (Å²) in [6.07, 6.45) is 8.08. The molecule has 4 rings (SSSR count). The molecule has 0 radical (unpaired) electrons. The summed E-state index contributed by atoms with van der Waals surface area (Å²) in [6.45, 7) is 2.33. The number of anilines is 2. The number of hydrogen-bond donors (Lipinski definition) is 1. The van der Waals surface area contributed by atoms with Gasteiger partial charge < -0.3 is 10.5 Å². The topological polar surface area (TPSA) is 107 Å². The number of thiazole rings is 1. The van der Waals surface area contributed by atoms with Crippen molar-refractivity contribution < 1.29 is 4.74 Å². The van der Waals surface area contributed by atoms with E-state index in [1.165, 1.54) is 11.3 Å². The van der Waals surface area contributed by atoms with Crippen LogP contribution in [-0.4, -0.2) is 42.8 Å². The van der Waals surface area contributed by atoms with E-state index in [-0.39, 0.29) is 12.6 Å². The molecule has 0 amide bonds. The molecular weight excluding hydrogens is 328 g/mol. The van der Waals surface area contributed by atoms with E-state index < -0.39 is 5.54 Å². The summed E-state index contributed by atoms with van der Waals surface area (Å²) in [5, 5.41) is 14.1. The van der Waals surface area contributed by atoms with Crippen LogP contribution >= 0.6 is 11.3 Å². The van der Waals surface area contributed by atoms with Crippen LogP contribution in [0, 0.1) is 0 Å². The van der Waals surface area contributed by atoms with Crippen molar-refractivity contribution in [1.29, 1.82) is 0 Å². The average Bonchev–Trinajstić information content (AvgIpc) is 3.22. The lowest BCUT2D eigenvalue weighted by Gasteiger charge is -2.30. The Morgan fingerprint density at radius 2 is 2.29 bits per heavy atom. The molecule has 2 aromatic heterocycles. The van der Waals surface area contributed by atoms with Crippen molar-refractivity contribution in [2.75, 3.05) is 10.6 Å². The molecule has 124 valence electrons. The van der Waals surface area contributed by atoms with Gasteiger partial charge >= 0.3 is 0 Å². The van der Waals surface area contributed by atoms with Gasteiger partial charge in [-0.2, -0.15) is 0 Å². The van der Waals surface area contributed by atoms with Gasteiger partial charge in [0.1, 0.15) is 12.1 Å². The molecule has 2 aliphatic rings. The minimum absolute atomic E-state index is 0.0531. The molecule has 2 N–H and O–H groups in total. The summed E-state index contributed by atoms with van der Waals surface area (Å²) < 4.78 is 7.53. The molecule has 0 bridgehead atoms. The third kappa shape index (κ3) is 2.35. The number of ether oxygens (including phenoxy) is 1. The molecule has 0 spiro atoms. The lowest BCUT2D eigenvalue weighted by molar-refractivity contribution is 0.282. The number of fused-ring (bicyclic) bond motifs is 1. The average molecular weight is 344 g/mol. The first-order chi connectivity index (χ1) is 11.6. The van der Waals surface area contributed by atoms with Gasteiger partial charge in [0.25, 0.3) is 12.0 Å². The Labute approximate surface area is 142 Å². The van der Waals surface area contributed by atoms with Crippen molar-refractivity contribution in [2.24, 2.45) is 12.0 Å². The number of aryl methyl sites for hydroxylation is 1. The van der Waals surface area contributed by atoms with Crippen LogP contribution in [0.4, 0.5) is 11.1 Å². The number of nitrogen functional groups attached to an aromatic ring is 1. The van der Waals surface area contributed by atoms with Gasteiger partial charge in [0.15, 0.2) is 5.13 Å². The molecule has 3 heterocycles. The van der Waals surface area contributed by atoms with Crippen LogP contribution in [0.3, 0.4) is 0 Å². The number of rotatable bonds is 3. The van der Waals surface area contributed by atoms with Gasteiger partial charge in [0, 0.05) is 12.4 Å². The molecule has 0 fully saturated rings. The second-order valence-corrected chi connectivity index (χ2v) is 6.64. The number of hydrogen-bond acceptors (Lipinski definition) is 9. The van der Waals surface area contributed by atoms with E-state index in [4.69, 9.17) is 15.5 Å². The van der Waals surface area contributed by atoms with Crippen molar-refractivity contribution in [2.45, 2.75) is 25.1 Å². The molecule has 0 saturated heterocycles. The lowest BCUT2D eigenvalue weighted by Crippen LogP contribution is -2.45. The van der Waals surface area contributed by atoms with Gasteiger partial charge in [0.2, 0.25) is 0 Å². The smallest absolute Gasteiger partial charge is 0.296 e. The van der Waals surface area contributed by atoms with Crippen molar-refractivity contribution in [3.05, 3.63) is 35.4 Å². The summed E-state index contributed by atoms with van der Waals surface area (Å²) in [6, 6.07) is 0.408. The van der Waals surface area contributed by atoms with E-state index in [0.717, 1.165) is 5.69 Å². The van der Waals surface area contributed by atoms with E-state index in [9.17, 15) is 0 Å². The van der Waals surface area contributed by atoms with Crippen LogP contribution in [0.15, 0.2) is 34.7 Å². The Morgan fingerprint density at radius 1 is 1.42 bits per heavy atom. The second-order valence-electron chi connectivity index (χ2n) is 5.75. The van der Waals surface area contributed by atoms with E-state index >= 15 is 0 Å². The van der Waals surface area contributed by atoms with E-state index in [1.807, 2.05) is 35.4 Å². The Bertz CT molecular complexity index is 853. The van der Waals surface area contributed by atoms with Gasteiger partial charge in [-0.1, -0.05) is 29.4 Å². The van der Waals surface area contributed by atoms with Crippen molar-refractivity contribution >= 4 is 28.4 Å². The van der Waals surface area contributed by atoms with E-state index in [2.05, 4.69) is 26.6 Å². The zero-order chi connectivity index (χ0) is 16.7. The van der Waals surface area contributed by atoms with Crippen LogP contribution in [0.5, 0.6) is 0 Å². The molecule has 2 atom stereocenters. The third-order valence-electron chi connectivity index (χ3n) is 3.99. The maximum Gasteiger partial charge on any atom is 0.296 e. The summed E-state index contributed by atoms with van der Waals surface area (Å²) >= 11 is 1.38. The molecule has 1 aliphatic heterocycles. The highest BCUT2D eigenvalue weighted by molar-refractivity contribution is 7.13. The Balaban J connectivity index is 1.66. The van der Waals surface area contributed by atoms with E-state index in [0.29, 0.717) is 17.1 Å². The zero-order valence-electron chi connectivity index (χ0n) is 13.2. The SMILES string of the molecule is Cn1nnnc1N1C(OCc2csc(N)n2)=NC2(C)C=CC=CC12. The number of aliphatic imine (C=N–C) groups is 1. The van der Waals surface area contributed by atoms with Crippen LogP contribution in [0.25, 0.3) is 0 Å². The molecule has 2 aromatic rings. The highest BCUT2D eigenvalue weighted by Crippen LogP contribution is 2.35. The number of tetrazole rings is 1. The predicted molar refractivity (Wildman–Crippen MR) is 90.5 cm³/mol. The minimum Gasteiger partial charge on any atom is -0.458 e. The highest BCUT2D eigenvalue weighted by atomic mass is 32.1. The maximum absolute atomic E-state index is 5.94. The number of allylic oxidation sites excluding steroid dienone is 2. The first-order valence-corrected chi connectivity index (χ1v) is 8.25. The molecule has 0 saturated carbocycles. The summed E-state index contributed by atoms with van der Waals surface area (Å²) in [5.74, 6) is 0.570. The van der Waals surface area contributed by atoms with Gasteiger partial charge in [-0.05, 0) is 17.4 Å². The molecule has 9 nitrogen and oxygen atoms in total. The van der Waals surface area contributed by atoms with Crippen LogP contribution < -0.4 is 10.6 Å². The van der Waals surface area contributed by atoms with Crippen LogP contribution in [0.2, 0.25) is 0 Å². The van der Waals surface area contributed by atoms with Crippen LogP contribution in [-0.2, 0) is 18.4 Å². The fourth-order valence-corrected chi connectivity index (χ4v) is 3.36. The van der Waals surface area contributed by atoms with E-state index in [1.54, 1.807) is 11.7 Å². The van der Waals surface area contributed by atoms with Crippen molar-refractivity contribution in [1.82, 2.24) is 25.2 Å². The normalized spacial score (nSPS) is 25.0. The van der Waals surface area contributed by atoms with Gasteiger partial charge in [-0.15, -0.1) is 11.3 Å². The lowest BCUT2D eigenvalue weighted by atomic mass is 9.89. The molecular formula is C14H16N8OS. The maximum atomic E-state index is 5.94. The quantitative estimate of drug-likeness (QED) is 0.881. The number of aromatic nitrogens is 5. The molecule has 1 aliphatic carbocycles. The Kier molecular flexibility index (Phi) is 3.34. The number of nitrogens with zero attached hydrogens (tertiary/aromatic N) is 7. The Hall–Kier alpha value is -2.75. The van der Waals surface area contributed by atoms with Crippen LogP contribution in [0.1, 0.15) is 12.6 Å². The summed E-state index contributed by atoms with van der Waals surface area (Å²) in [5.41, 5.74) is 6.00. The fourth-order valence-electron chi connectivity index (χ4n) is 2.81. The standard InChI is InChI=1S/C14H16N8OS/c1-14-6-4-3-5-10(14)22(12-18-19-20-21(12)2)13(17-14)23-7-9-8-24-11(15)16-9/h3-6,8,10H,7H2,1-2H3,(H2,15,16). The predicted octanol–water partition coefficient (Wildman–Crippen LogP) is 0.895. The number of amidine groups is 1. The zero-order valence-corrected chi connectivity index (χ0v) is 14.0. The third-order valence-corrected chi connectivity index (χ3v) is 4.71. The largest absolute Gasteiger partial charge is 0.458 e. The van der Waals surface area contributed by atoms with Gasteiger partial charge in [-0.25, -0.2) is 14.7 Å². The molecule has 24 heavy (non-hydrogen) atoms. The molecule has 0 aromatic carbocycles. The monoisotopic (exact) mass is 344 g/mol. The fraction of sp³-hybridized carbons (Fsp3) is 0.357. The van der Waals surface area contributed by atoms with Gasteiger partial charge in [0.05, 0.1) is 11.7 Å². The highest BCUT2D eigenvalue weighted by Gasteiger charge is 2.46. The Morgan fingerprint density at radius 3 is 3.00 bits per heavy atom. The number of nitrogens with two attached hydrogens (primary N) is 1. The molecule has 2 unspecified atom stereocenters. The minimum atomic E-state index is -0.433. The first kappa shape index (κ1) is 14.8. The summed E-state index contributed by atoms with van der Waals surface area (Å²) in [7, 11) is 1.78. The first-order valence-electron chi connectivity index (χ1n) is 7.37. The van der Waals surface area contributed by atoms with Crippen molar-refractivity contribution in [3.63, 3.8) is 0 Å². The molecule has 10 heteroatoms. The second kappa shape index (κ2) is 5.41.